The molecule has 1 saturated carbocycles. The number of amides is 1. The van der Waals surface area contributed by atoms with Gasteiger partial charge in [0, 0.05) is 30.5 Å². The van der Waals surface area contributed by atoms with Crippen molar-refractivity contribution >= 4 is 5.91 Å². The molecule has 0 aromatic carbocycles. The minimum absolute atomic E-state index is 0.0864. The van der Waals surface area contributed by atoms with Crippen LogP contribution in [0.3, 0.4) is 0 Å². The first kappa shape index (κ1) is 14.0. The normalized spacial score (nSPS) is 23.0. The second-order valence-corrected chi connectivity index (χ2v) is 4.90. The van der Waals surface area contributed by atoms with E-state index in [1.165, 1.54) is 0 Å². The van der Waals surface area contributed by atoms with Crippen molar-refractivity contribution in [1.29, 1.82) is 0 Å². The van der Waals surface area contributed by atoms with Gasteiger partial charge < -0.3 is 15.8 Å². The first-order valence-electron chi connectivity index (χ1n) is 6.81. The highest BCUT2D eigenvalue weighted by atomic mass is 16.5. The van der Waals surface area contributed by atoms with E-state index in [0.29, 0.717) is 30.9 Å². The molecular weight excluding hydrogens is 242 g/mol. The molecule has 1 aromatic heterocycles. The number of ether oxygens (including phenoxy) is 1. The Bertz CT molecular complexity index is 389. The maximum absolute atomic E-state index is 11.7. The van der Waals surface area contributed by atoms with E-state index in [2.05, 4.69) is 10.3 Å². The van der Waals surface area contributed by atoms with Crippen LogP contribution in [0.5, 0.6) is 0 Å². The zero-order chi connectivity index (χ0) is 13.5. The van der Waals surface area contributed by atoms with Crippen LogP contribution < -0.4 is 11.1 Å². The summed E-state index contributed by atoms with van der Waals surface area (Å²) in [5, 5.41) is 2.83. The van der Waals surface area contributed by atoms with Gasteiger partial charge in [-0.1, -0.05) is 0 Å². The predicted molar refractivity (Wildman–Crippen MR) is 72.8 cm³/mol. The largest absolute Gasteiger partial charge is 0.376 e. The van der Waals surface area contributed by atoms with E-state index in [9.17, 15) is 4.79 Å². The quantitative estimate of drug-likeness (QED) is 0.780. The Kier molecular flexibility index (Phi) is 5.30. The summed E-state index contributed by atoms with van der Waals surface area (Å²) in [7, 11) is 0. The molecule has 1 heterocycles. The minimum atomic E-state index is -0.0864. The van der Waals surface area contributed by atoms with E-state index in [0.717, 1.165) is 25.7 Å². The van der Waals surface area contributed by atoms with Crippen LogP contribution >= 0.6 is 0 Å². The number of pyridine rings is 1. The Morgan fingerprint density at radius 1 is 1.32 bits per heavy atom. The molecule has 0 unspecified atom stereocenters. The van der Waals surface area contributed by atoms with Gasteiger partial charge in [-0.15, -0.1) is 0 Å². The number of nitrogens with zero attached hydrogens (tertiary/aromatic N) is 1. The molecule has 1 amide bonds. The number of carbonyl (C=O) groups is 1. The lowest BCUT2D eigenvalue weighted by molar-refractivity contribution is 0.0267. The van der Waals surface area contributed by atoms with Gasteiger partial charge in [-0.25, -0.2) is 0 Å². The molecule has 1 aliphatic rings. The molecule has 0 saturated heterocycles. The molecule has 3 N–H and O–H groups in total. The van der Waals surface area contributed by atoms with Gasteiger partial charge in [0.05, 0.1) is 12.7 Å². The summed E-state index contributed by atoms with van der Waals surface area (Å²) in [6.07, 6.45) is 7.65. The van der Waals surface area contributed by atoms with E-state index < -0.39 is 0 Å². The second kappa shape index (κ2) is 7.21. The number of nitrogens with one attached hydrogen (secondary N) is 1. The molecule has 104 valence electrons. The zero-order valence-electron chi connectivity index (χ0n) is 11.0. The third kappa shape index (κ3) is 4.61. The lowest BCUT2D eigenvalue weighted by atomic mass is 9.94. The summed E-state index contributed by atoms with van der Waals surface area (Å²) in [6, 6.07) is 3.73. The van der Waals surface area contributed by atoms with Gasteiger partial charge in [0.15, 0.2) is 0 Å². The van der Waals surface area contributed by atoms with Crippen LogP contribution in [0, 0.1) is 0 Å². The lowest BCUT2D eigenvalue weighted by Crippen LogP contribution is -2.33. The van der Waals surface area contributed by atoms with Gasteiger partial charge >= 0.3 is 0 Å². The molecule has 2 rings (SSSR count). The SMILES string of the molecule is NC1CCC(OCCNC(=O)c2ccncc2)CC1. The predicted octanol–water partition coefficient (Wildman–Crippen LogP) is 1.10. The standard InChI is InChI=1S/C14H21N3O2/c15-12-1-3-13(4-2-12)19-10-9-17-14(18)11-5-7-16-8-6-11/h5-8,12-13H,1-4,9-10,15H2,(H,17,18). The van der Waals surface area contributed by atoms with Gasteiger partial charge in [-0.2, -0.15) is 0 Å². The molecule has 5 heteroatoms. The maximum Gasteiger partial charge on any atom is 0.251 e. The highest BCUT2D eigenvalue weighted by molar-refractivity contribution is 5.93. The Hall–Kier alpha value is -1.46. The van der Waals surface area contributed by atoms with Crippen molar-refractivity contribution in [2.75, 3.05) is 13.2 Å². The average Bonchev–Trinajstić information content (AvgIpc) is 2.46. The lowest BCUT2D eigenvalue weighted by Gasteiger charge is -2.26. The molecule has 0 atom stereocenters. The molecule has 0 radical (unpaired) electrons. The van der Waals surface area contributed by atoms with E-state index in [1.807, 2.05) is 0 Å². The van der Waals surface area contributed by atoms with Crippen LogP contribution in [0.4, 0.5) is 0 Å². The number of rotatable bonds is 5. The molecule has 5 nitrogen and oxygen atoms in total. The van der Waals surface area contributed by atoms with Gasteiger partial charge in [-0.05, 0) is 37.8 Å². The number of hydrogen-bond donors (Lipinski definition) is 2. The van der Waals surface area contributed by atoms with Crippen molar-refractivity contribution in [3.8, 4) is 0 Å². The van der Waals surface area contributed by atoms with Crippen molar-refractivity contribution in [3.05, 3.63) is 30.1 Å². The summed E-state index contributed by atoms with van der Waals surface area (Å²) in [4.78, 5) is 15.6. The minimum Gasteiger partial charge on any atom is -0.376 e. The highest BCUT2D eigenvalue weighted by Gasteiger charge is 2.18. The Balaban J connectivity index is 1.61. The molecule has 0 aliphatic heterocycles. The first-order valence-corrected chi connectivity index (χ1v) is 6.81. The fourth-order valence-corrected chi connectivity index (χ4v) is 2.25. The summed E-state index contributed by atoms with van der Waals surface area (Å²) < 4.78 is 5.73. The van der Waals surface area contributed by atoms with Crippen molar-refractivity contribution < 1.29 is 9.53 Å². The maximum atomic E-state index is 11.7. The molecule has 1 aromatic rings. The summed E-state index contributed by atoms with van der Waals surface area (Å²) in [5.41, 5.74) is 6.46. The van der Waals surface area contributed by atoms with Crippen molar-refractivity contribution in [2.24, 2.45) is 5.73 Å². The molecule has 19 heavy (non-hydrogen) atoms. The monoisotopic (exact) mass is 263 g/mol. The fourth-order valence-electron chi connectivity index (χ4n) is 2.25. The molecule has 0 spiro atoms. The number of carbonyl (C=O) groups excluding carboxylic acids is 1. The Morgan fingerprint density at radius 3 is 2.68 bits per heavy atom. The Labute approximate surface area is 113 Å². The van der Waals surface area contributed by atoms with Crippen LogP contribution in [0.25, 0.3) is 0 Å². The molecular formula is C14H21N3O2. The van der Waals surface area contributed by atoms with Crippen LogP contribution in [0.2, 0.25) is 0 Å². The van der Waals surface area contributed by atoms with Gasteiger partial charge in [-0.3, -0.25) is 9.78 Å². The van der Waals surface area contributed by atoms with Crippen LogP contribution in [-0.2, 0) is 4.74 Å². The Morgan fingerprint density at radius 2 is 2.00 bits per heavy atom. The summed E-state index contributed by atoms with van der Waals surface area (Å²) in [6.45, 7) is 1.08. The zero-order valence-corrected chi connectivity index (χ0v) is 11.0. The van der Waals surface area contributed by atoms with Crippen LogP contribution in [0.1, 0.15) is 36.0 Å². The third-order valence-corrected chi connectivity index (χ3v) is 3.40. The second-order valence-electron chi connectivity index (χ2n) is 4.90. The smallest absolute Gasteiger partial charge is 0.251 e. The topological polar surface area (TPSA) is 77.2 Å². The molecule has 1 aliphatic carbocycles. The third-order valence-electron chi connectivity index (χ3n) is 3.40. The first-order chi connectivity index (χ1) is 9.25. The van der Waals surface area contributed by atoms with Gasteiger partial charge in [0.25, 0.3) is 5.91 Å². The van der Waals surface area contributed by atoms with E-state index in [-0.39, 0.29) is 5.91 Å². The molecule has 0 bridgehead atoms. The van der Waals surface area contributed by atoms with E-state index in [4.69, 9.17) is 10.5 Å². The average molecular weight is 263 g/mol. The van der Waals surface area contributed by atoms with Gasteiger partial charge in [0.2, 0.25) is 0 Å². The van der Waals surface area contributed by atoms with Crippen molar-refractivity contribution in [2.45, 2.75) is 37.8 Å². The highest BCUT2D eigenvalue weighted by Crippen LogP contribution is 2.19. The number of hydrogen-bond acceptors (Lipinski definition) is 4. The van der Waals surface area contributed by atoms with E-state index >= 15 is 0 Å². The number of nitrogens with two attached hydrogens (primary N) is 1. The summed E-state index contributed by atoms with van der Waals surface area (Å²) in [5.74, 6) is -0.0864. The fraction of sp³-hybridized carbons (Fsp3) is 0.571. The van der Waals surface area contributed by atoms with E-state index in [1.54, 1.807) is 24.5 Å². The van der Waals surface area contributed by atoms with Crippen molar-refractivity contribution in [3.63, 3.8) is 0 Å². The van der Waals surface area contributed by atoms with Crippen LogP contribution in [-0.4, -0.2) is 36.2 Å². The van der Waals surface area contributed by atoms with Crippen molar-refractivity contribution in [1.82, 2.24) is 10.3 Å². The van der Waals surface area contributed by atoms with Gasteiger partial charge in [0.1, 0.15) is 0 Å². The molecule has 1 fully saturated rings. The summed E-state index contributed by atoms with van der Waals surface area (Å²) >= 11 is 0. The van der Waals surface area contributed by atoms with Crippen LogP contribution in [0.15, 0.2) is 24.5 Å². The number of aromatic nitrogens is 1.